The first-order valence-electron chi connectivity index (χ1n) is 8.53. The van der Waals surface area contributed by atoms with Crippen LogP contribution in [0.2, 0.25) is 0 Å². The molecule has 0 aliphatic carbocycles. The molecule has 0 aliphatic rings. The maximum Gasteiger partial charge on any atom is 1.00 e. The molecule has 0 spiro atoms. The van der Waals surface area contributed by atoms with E-state index in [0.29, 0.717) is 5.75 Å². The fourth-order valence-corrected chi connectivity index (χ4v) is 4.13. The molecule has 2 aromatic carbocycles. The fraction of sp³-hybridized carbons (Fsp3) is 0.350. The van der Waals surface area contributed by atoms with Crippen LogP contribution in [-0.4, -0.2) is 23.6 Å². The number of hydrogen-bond donors (Lipinski definition) is 0. The Hall–Kier alpha value is -1.47. The molecule has 0 radical (unpaired) electrons. The standard InChI is InChI=1S/C20H22F3O3P.Li.H/c1-13(2)25-16-10-11-18(17(12-16)26-14(3)4)27(20(21,22)23)19(24)15-8-6-5-7-9-15;;/h5-14H,1-4H3;;/q;+1;-1. The topological polar surface area (TPSA) is 35.5 Å². The Balaban J connectivity index is 0.00000392. The summed E-state index contributed by atoms with van der Waals surface area (Å²) in [6, 6.07) is 11.7. The Labute approximate surface area is 178 Å². The molecule has 2 aromatic rings. The number of halogens is 3. The van der Waals surface area contributed by atoms with Gasteiger partial charge in [0, 0.05) is 16.9 Å². The second kappa shape index (κ2) is 10.3. The van der Waals surface area contributed by atoms with E-state index in [2.05, 4.69) is 0 Å². The zero-order valence-electron chi connectivity index (χ0n) is 17.6. The van der Waals surface area contributed by atoms with E-state index in [1.165, 1.54) is 30.3 Å². The largest absolute Gasteiger partial charge is 1.00 e. The normalized spacial score (nSPS) is 12.5. The first kappa shape index (κ1) is 24.6. The van der Waals surface area contributed by atoms with Crippen LogP contribution in [0.3, 0.4) is 0 Å². The number of carbonyl (C=O) groups excluding carboxylic acids is 1. The fourth-order valence-electron chi connectivity index (χ4n) is 2.44. The molecule has 0 bridgehead atoms. The Morgan fingerprint density at radius 3 is 2.04 bits per heavy atom. The summed E-state index contributed by atoms with van der Waals surface area (Å²) in [5.41, 5.74) is -0.928. The van der Waals surface area contributed by atoms with E-state index in [0.717, 1.165) is 0 Å². The molecule has 0 saturated heterocycles. The molecule has 0 aromatic heterocycles. The van der Waals surface area contributed by atoms with E-state index in [1.807, 2.05) is 13.8 Å². The molecule has 1 atom stereocenters. The van der Waals surface area contributed by atoms with Gasteiger partial charge < -0.3 is 10.9 Å². The molecule has 0 heterocycles. The molecule has 0 aliphatic heterocycles. The summed E-state index contributed by atoms with van der Waals surface area (Å²) < 4.78 is 52.8. The van der Waals surface area contributed by atoms with Crippen LogP contribution in [0, 0.1) is 0 Å². The third kappa shape index (κ3) is 6.55. The average Bonchev–Trinajstić information content (AvgIpc) is 2.55. The van der Waals surface area contributed by atoms with Crippen molar-refractivity contribution in [1.82, 2.24) is 0 Å². The van der Waals surface area contributed by atoms with Gasteiger partial charge in [-0.2, -0.15) is 13.2 Å². The van der Waals surface area contributed by atoms with Gasteiger partial charge in [0.25, 0.3) is 0 Å². The molecule has 0 amide bonds. The van der Waals surface area contributed by atoms with Gasteiger partial charge in [-0.05, 0) is 39.8 Å². The van der Waals surface area contributed by atoms with Crippen LogP contribution in [0.5, 0.6) is 11.5 Å². The van der Waals surface area contributed by atoms with Gasteiger partial charge in [-0.15, -0.1) is 0 Å². The second-order valence-electron chi connectivity index (χ2n) is 6.44. The Kier molecular flexibility index (Phi) is 9.08. The number of rotatable bonds is 7. The molecule has 3 nitrogen and oxygen atoms in total. The molecule has 8 heteroatoms. The van der Waals surface area contributed by atoms with Crippen molar-refractivity contribution in [3.63, 3.8) is 0 Å². The Morgan fingerprint density at radius 1 is 0.964 bits per heavy atom. The molecule has 2 rings (SSSR count). The number of ether oxygens (including phenoxy) is 2. The van der Waals surface area contributed by atoms with Gasteiger partial charge in [0.05, 0.1) is 12.2 Å². The third-order valence-electron chi connectivity index (χ3n) is 3.38. The van der Waals surface area contributed by atoms with Gasteiger partial charge in [0.1, 0.15) is 19.4 Å². The van der Waals surface area contributed by atoms with E-state index in [-0.39, 0.29) is 49.1 Å². The summed E-state index contributed by atoms with van der Waals surface area (Å²) in [6.07, 6.45) is -0.493. The van der Waals surface area contributed by atoms with E-state index >= 15 is 0 Å². The van der Waals surface area contributed by atoms with Crippen LogP contribution in [0.15, 0.2) is 48.5 Å². The summed E-state index contributed by atoms with van der Waals surface area (Å²) >= 11 is 0. The van der Waals surface area contributed by atoms with Gasteiger partial charge in [-0.3, -0.25) is 4.79 Å². The number of hydrogen-bond acceptors (Lipinski definition) is 3. The van der Waals surface area contributed by atoms with Crippen LogP contribution < -0.4 is 33.6 Å². The smallest absolute Gasteiger partial charge is 1.00 e. The van der Waals surface area contributed by atoms with Crippen molar-refractivity contribution < 1.29 is 47.7 Å². The zero-order valence-corrected chi connectivity index (χ0v) is 17.5. The minimum Gasteiger partial charge on any atom is -1.00 e. The van der Waals surface area contributed by atoms with Crippen LogP contribution in [0.4, 0.5) is 13.2 Å². The van der Waals surface area contributed by atoms with Gasteiger partial charge in [0.15, 0.2) is 5.52 Å². The van der Waals surface area contributed by atoms with Gasteiger partial charge in [-0.1, -0.05) is 30.3 Å². The molecule has 0 fully saturated rings. The first-order chi connectivity index (χ1) is 12.6. The number of alkyl halides is 3. The van der Waals surface area contributed by atoms with Crippen LogP contribution in [-0.2, 0) is 0 Å². The average molecular weight is 406 g/mol. The summed E-state index contributed by atoms with van der Waals surface area (Å²) in [5, 5.41) is -0.156. The summed E-state index contributed by atoms with van der Waals surface area (Å²) in [7, 11) is -3.14. The van der Waals surface area contributed by atoms with Crippen molar-refractivity contribution >= 4 is 18.8 Å². The number of benzene rings is 2. The molecule has 0 saturated carbocycles. The van der Waals surface area contributed by atoms with E-state index in [4.69, 9.17) is 9.47 Å². The third-order valence-corrected chi connectivity index (χ3v) is 5.41. The minimum absolute atomic E-state index is 0. The van der Waals surface area contributed by atoms with E-state index in [9.17, 15) is 18.0 Å². The van der Waals surface area contributed by atoms with Crippen molar-refractivity contribution in [1.29, 1.82) is 0 Å². The van der Waals surface area contributed by atoms with Crippen LogP contribution in [0.25, 0.3) is 0 Å². The SMILES string of the molecule is CC(C)Oc1ccc(P(C(=O)c2ccccc2)C(F)(F)F)c(OC(C)C)c1.[H-].[Li+]. The van der Waals surface area contributed by atoms with Gasteiger partial charge in [0.2, 0.25) is 0 Å². The Morgan fingerprint density at radius 2 is 1.54 bits per heavy atom. The molecule has 28 heavy (non-hydrogen) atoms. The van der Waals surface area contributed by atoms with Crippen LogP contribution >= 0.6 is 7.92 Å². The molecule has 0 N–H and O–H groups in total. The quantitative estimate of drug-likeness (QED) is 0.524. The summed E-state index contributed by atoms with van der Waals surface area (Å²) in [6.45, 7) is 7.07. The molecule has 148 valence electrons. The Bertz CT molecular complexity index is 786. The molecular formula is C20H23F3LiO3P. The van der Waals surface area contributed by atoms with Crippen molar-refractivity contribution in [3.05, 3.63) is 54.1 Å². The summed E-state index contributed by atoms with van der Waals surface area (Å²) in [4.78, 5) is 12.7. The van der Waals surface area contributed by atoms with Crippen molar-refractivity contribution in [2.75, 3.05) is 0 Å². The molecular weight excluding hydrogens is 383 g/mol. The van der Waals surface area contributed by atoms with Gasteiger partial charge >= 0.3 is 24.8 Å². The van der Waals surface area contributed by atoms with Crippen LogP contribution in [0.1, 0.15) is 39.5 Å². The van der Waals surface area contributed by atoms with E-state index in [1.54, 1.807) is 32.0 Å². The second-order valence-corrected chi connectivity index (χ2v) is 8.50. The zero-order chi connectivity index (χ0) is 20.2. The summed E-state index contributed by atoms with van der Waals surface area (Å²) in [5.74, 6) is -4.28. The predicted octanol–water partition coefficient (Wildman–Crippen LogP) is 2.84. The monoisotopic (exact) mass is 406 g/mol. The molecule has 1 unspecified atom stereocenters. The van der Waals surface area contributed by atoms with Crippen molar-refractivity contribution in [2.45, 2.75) is 45.8 Å². The van der Waals surface area contributed by atoms with Gasteiger partial charge in [-0.25, -0.2) is 0 Å². The minimum atomic E-state index is -4.70. The predicted molar refractivity (Wildman–Crippen MR) is 102 cm³/mol. The van der Waals surface area contributed by atoms with Crippen molar-refractivity contribution in [3.8, 4) is 11.5 Å². The maximum absolute atomic E-state index is 13.9. The van der Waals surface area contributed by atoms with Crippen molar-refractivity contribution in [2.24, 2.45) is 0 Å². The maximum atomic E-state index is 13.9. The number of carbonyl (C=O) groups is 1. The van der Waals surface area contributed by atoms with E-state index < -0.39 is 19.4 Å². The first-order valence-corrected chi connectivity index (χ1v) is 9.87.